The fraction of sp³-hybridized carbons (Fsp3) is 0.400. The molecule has 0 spiro atoms. The molecule has 0 aromatic carbocycles. The fourth-order valence-corrected chi connectivity index (χ4v) is 2.28. The number of hydrogen-bond donors (Lipinski definition) is 0. The van der Waals surface area contributed by atoms with E-state index >= 15 is 0 Å². The van der Waals surface area contributed by atoms with Gasteiger partial charge in [-0.1, -0.05) is 11.6 Å². The molecule has 0 aliphatic carbocycles. The van der Waals surface area contributed by atoms with Gasteiger partial charge in [0.05, 0.1) is 18.0 Å². The van der Waals surface area contributed by atoms with Crippen molar-refractivity contribution in [3.63, 3.8) is 0 Å². The molecule has 6 nitrogen and oxygen atoms in total. The summed E-state index contributed by atoms with van der Waals surface area (Å²) in [6.45, 7) is 0.246. The zero-order chi connectivity index (χ0) is 13.3. The largest absolute Gasteiger partial charge is 0.266 e. The summed E-state index contributed by atoms with van der Waals surface area (Å²) in [4.78, 5) is 0. The summed E-state index contributed by atoms with van der Waals surface area (Å²) in [5.74, 6) is 0.0131. The maximum absolute atomic E-state index is 11.1. The van der Waals surface area contributed by atoms with Gasteiger partial charge in [-0.15, -0.1) is 0 Å². The third-order valence-electron chi connectivity index (χ3n) is 2.49. The summed E-state index contributed by atoms with van der Waals surface area (Å²) in [6.07, 6.45) is 2.85. The van der Waals surface area contributed by atoms with Gasteiger partial charge >= 0.3 is 0 Å². The van der Waals surface area contributed by atoms with E-state index in [4.69, 9.17) is 11.6 Å². The molecule has 0 atom stereocenters. The summed E-state index contributed by atoms with van der Waals surface area (Å²) in [5.41, 5.74) is 1.50. The summed E-state index contributed by atoms with van der Waals surface area (Å²) in [7, 11) is -1.22. The standard InChI is InChI=1S/C10H13ClN4O2S/c1-14-9(3-4-12-14)8-7-10(11)15(13-8)5-6-18(2,16)17/h3-4,7H,5-6H2,1-2H3. The minimum Gasteiger partial charge on any atom is -0.266 e. The van der Waals surface area contributed by atoms with Crippen LogP contribution in [0.5, 0.6) is 0 Å². The minimum atomic E-state index is -3.03. The molecule has 0 unspecified atom stereocenters. The van der Waals surface area contributed by atoms with Crippen molar-refractivity contribution in [3.05, 3.63) is 23.5 Å². The van der Waals surface area contributed by atoms with E-state index in [1.165, 1.54) is 10.9 Å². The Hall–Kier alpha value is -1.34. The van der Waals surface area contributed by atoms with E-state index in [2.05, 4.69) is 10.2 Å². The van der Waals surface area contributed by atoms with Crippen LogP contribution in [-0.2, 0) is 23.4 Å². The van der Waals surface area contributed by atoms with Crippen molar-refractivity contribution in [1.29, 1.82) is 0 Å². The quantitative estimate of drug-likeness (QED) is 0.841. The normalized spacial score (nSPS) is 11.9. The number of aryl methyl sites for hydroxylation is 2. The molecule has 18 heavy (non-hydrogen) atoms. The van der Waals surface area contributed by atoms with Gasteiger partial charge in [-0.2, -0.15) is 10.2 Å². The number of rotatable bonds is 4. The van der Waals surface area contributed by atoms with E-state index < -0.39 is 9.84 Å². The fourth-order valence-electron chi connectivity index (χ4n) is 1.55. The summed E-state index contributed by atoms with van der Waals surface area (Å²) >= 11 is 6.02. The first-order valence-corrected chi connectivity index (χ1v) is 7.70. The van der Waals surface area contributed by atoms with Gasteiger partial charge in [-0.05, 0) is 6.07 Å². The van der Waals surface area contributed by atoms with Crippen LogP contribution in [0.1, 0.15) is 0 Å². The Labute approximate surface area is 110 Å². The lowest BCUT2D eigenvalue weighted by molar-refractivity contribution is 0.586. The molecule has 0 fully saturated rings. The zero-order valence-corrected chi connectivity index (χ0v) is 11.6. The molecule has 2 heterocycles. The molecular weight excluding hydrogens is 276 g/mol. The van der Waals surface area contributed by atoms with E-state index in [0.29, 0.717) is 10.8 Å². The average molecular weight is 289 g/mol. The van der Waals surface area contributed by atoms with Crippen LogP contribution in [0.25, 0.3) is 11.4 Å². The molecule has 0 saturated carbocycles. The highest BCUT2D eigenvalue weighted by molar-refractivity contribution is 7.90. The van der Waals surface area contributed by atoms with Gasteiger partial charge in [0.2, 0.25) is 0 Å². The Balaban J connectivity index is 2.25. The van der Waals surface area contributed by atoms with Crippen molar-refractivity contribution in [2.45, 2.75) is 6.54 Å². The highest BCUT2D eigenvalue weighted by Crippen LogP contribution is 2.21. The van der Waals surface area contributed by atoms with Crippen LogP contribution in [-0.4, -0.2) is 40.0 Å². The predicted octanol–water partition coefficient (Wildman–Crippen LogP) is 0.982. The van der Waals surface area contributed by atoms with Crippen molar-refractivity contribution in [1.82, 2.24) is 19.6 Å². The van der Waals surface area contributed by atoms with Crippen LogP contribution in [0, 0.1) is 0 Å². The van der Waals surface area contributed by atoms with Crippen molar-refractivity contribution in [2.24, 2.45) is 7.05 Å². The molecular formula is C10H13ClN4O2S. The highest BCUT2D eigenvalue weighted by atomic mass is 35.5. The van der Waals surface area contributed by atoms with Crippen LogP contribution in [0.3, 0.4) is 0 Å². The number of aromatic nitrogens is 4. The molecule has 0 radical (unpaired) electrons. The third kappa shape index (κ3) is 2.91. The molecule has 0 amide bonds. The maximum atomic E-state index is 11.1. The van der Waals surface area contributed by atoms with E-state index in [-0.39, 0.29) is 12.3 Å². The monoisotopic (exact) mass is 288 g/mol. The Morgan fingerprint density at radius 1 is 1.44 bits per heavy atom. The molecule has 0 bridgehead atoms. The van der Waals surface area contributed by atoms with Crippen LogP contribution in [0.4, 0.5) is 0 Å². The summed E-state index contributed by atoms with van der Waals surface area (Å²) < 4.78 is 25.4. The van der Waals surface area contributed by atoms with E-state index in [1.54, 1.807) is 24.0 Å². The van der Waals surface area contributed by atoms with Gasteiger partial charge in [0.15, 0.2) is 0 Å². The first-order valence-electron chi connectivity index (χ1n) is 5.26. The van der Waals surface area contributed by atoms with Crippen LogP contribution in [0.2, 0.25) is 5.15 Å². The molecule has 2 rings (SSSR count). The first kappa shape index (κ1) is 13.1. The van der Waals surface area contributed by atoms with Crippen molar-refractivity contribution >= 4 is 21.4 Å². The summed E-state index contributed by atoms with van der Waals surface area (Å²) in [6, 6.07) is 3.51. The minimum absolute atomic E-state index is 0.0131. The zero-order valence-electron chi connectivity index (χ0n) is 10.0. The molecule has 0 N–H and O–H groups in total. The smallest absolute Gasteiger partial charge is 0.149 e. The summed E-state index contributed by atoms with van der Waals surface area (Å²) in [5, 5.41) is 8.73. The topological polar surface area (TPSA) is 69.8 Å². The van der Waals surface area contributed by atoms with Crippen molar-refractivity contribution in [3.8, 4) is 11.4 Å². The second-order valence-electron chi connectivity index (χ2n) is 4.05. The van der Waals surface area contributed by atoms with Crippen molar-refractivity contribution < 1.29 is 8.42 Å². The van der Waals surface area contributed by atoms with Crippen LogP contribution in [0.15, 0.2) is 18.3 Å². The number of nitrogens with zero attached hydrogens (tertiary/aromatic N) is 4. The lowest BCUT2D eigenvalue weighted by Crippen LogP contribution is -2.12. The number of halogens is 1. The Bertz CT molecular complexity index is 659. The molecule has 0 aliphatic heterocycles. The SMILES string of the molecule is Cn1nccc1-c1cc(Cl)n(CCS(C)(=O)=O)n1. The number of sulfone groups is 1. The van der Waals surface area contributed by atoms with Crippen LogP contribution >= 0.6 is 11.6 Å². The van der Waals surface area contributed by atoms with Gasteiger partial charge in [0.1, 0.15) is 20.7 Å². The molecule has 2 aromatic rings. The third-order valence-corrected chi connectivity index (χ3v) is 3.72. The second kappa shape index (κ2) is 4.74. The predicted molar refractivity (Wildman–Crippen MR) is 69.1 cm³/mol. The second-order valence-corrected chi connectivity index (χ2v) is 6.69. The lowest BCUT2D eigenvalue weighted by atomic mass is 10.3. The van der Waals surface area contributed by atoms with E-state index in [1.807, 2.05) is 6.07 Å². The molecule has 8 heteroatoms. The Morgan fingerprint density at radius 3 is 2.72 bits per heavy atom. The Morgan fingerprint density at radius 2 is 2.17 bits per heavy atom. The van der Waals surface area contributed by atoms with Gasteiger partial charge < -0.3 is 0 Å². The number of hydrogen-bond acceptors (Lipinski definition) is 4. The Kier molecular flexibility index (Phi) is 3.45. The lowest BCUT2D eigenvalue weighted by Gasteiger charge is -2.01. The maximum Gasteiger partial charge on any atom is 0.149 e. The van der Waals surface area contributed by atoms with E-state index in [0.717, 1.165) is 5.69 Å². The molecule has 98 valence electrons. The molecule has 2 aromatic heterocycles. The van der Waals surface area contributed by atoms with Crippen LogP contribution < -0.4 is 0 Å². The highest BCUT2D eigenvalue weighted by Gasteiger charge is 2.12. The first-order chi connectivity index (χ1) is 8.37. The van der Waals surface area contributed by atoms with Gasteiger partial charge in [0, 0.05) is 25.6 Å². The van der Waals surface area contributed by atoms with E-state index in [9.17, 15) is 8.42 Å². The molecule has 0 aliphatic rings. The molecule has 0 saturated heterocycles. The van der Waals surface area contributed by atoms with Crippen molar-refractivity contribution in [2.75, 3.05) is 12.0 Å². The van der Waals surface area contributed by atoms with Gasteiger partial charge in [0.25, 0.3) is 0 Å². The van der Waals surface area contributed by atoms with Gasteiger partial charge in [-0.25, -0.2) is 8.42 Å². The van der Waals surface area contributed by atoms with Gasteiger partial charge in [-0.3, -0.25) is 9.36 Å². The average Bonchev–Trinajstić information content (AvgIpc) is 2.81.